The molecule has 132 valence electrons. The highest BCUT2D eigenvalue weighted by atomic mass is 19.4. The smallest absolute Gasteiger partial charge is 0.416 e. The zero-order valence-corrected chi connectivity index (χ0v) is 13.4. The molecular formula is C16H18F3NO4. The Morgan fingerprint density at radius 1 is 1.25 bits per heavy atom. The average molecular weight is 345 g/mol. The van der Waals surface area contributed by atoms with Gasteiger partial charge in [-0.15, -0.1) is 0 Å². The summed E-state index contributed by atoms with van der Waals surface area (Å²) >= 11 is 0. The number of halogens is 3. The second-order valence-corrected chi connectivity index (χ2v) is 6.65. The highest BCUT2D eigenvalue weighted by molar-refractivity contribution is 5.84. The minimum atomic E-state index is -4.51. The molecule has 0 radical (unpaired) electrons. The van der Waals surface area contributed by atoms with E-state index < -0.39 is 41.4 Å². The van der Waals surface area contributed by atoms with Crippen molar-refractivity contribution < 1.29 is 32.6 Å². The standard InChI is InChI=1S/C16H18F3NO4/c1-15(2,3)24-14(23)20-8-11(12(20)13(21)22)9-5-4-6-10(7-9)16(17,18)19/h4-7,11-12H,8H2,1-3H3,(H,21,22)/t11-,12?/m1/s1. The maximum Gasteiger partial charge on any atom is 0.416 e. The van der Waals surface area contributed by atoms with Gasteiger partial charge in [0, 0.05) is 12.5 Å². The Morgan fingerprint density at radius 2 is 1.88 bits per heavy atom. The normalized spacial score (nSPS) is 21.2. The Morgan fingerprint density at radius 3 is 2.38 bits per heavy atom. The van der Waals surface area contributed by atoms with Gasteiger partial charge in [-0.05, 0) is 32.4 Å². The van der Waals surface area contributed by atoms with E-state index in [1.165, 1.54) is 12.1 Å². The molecule has 1 aromatic rings. The molecule has 0 saturated carbocycles. The van der Waals surface area contributed by atoms with Crippen molar-refractivity contribution in [2.75, 3.05) is 6.54 Å². The molecule has 2 atom stereocenters. The van der Waals surface area contributed by atoms with E-state index in [9.17, 15) is 27.9 Å². The number of ether oxygens (including phenoxy) is 1. The maximum atomic E-state index is 12.8. The average Bonchev–Trinajstić information content (AvgIpc) is 2.33. The van der Waals surface area contributed by atoms with Gasteiger partial charge in [0.25, 0.3) is 0 Å². The number of nitrogens with zero attached hydrogens (tertiary/aromatic N) is 1. The number of aliphatic carboxylic acids is 1. The lowest BCUT2D eigenvalue weighted by Gasteiger charge is -2.45. The predicted molar refractivity (Wildman–Crippen MR) is 78.5 cm³/mol. The van der Waals surface area contributed by atoms with Crippen molar-refractivity contribution in [1.82, 2.24) is 4.90 Å². The fourth-order valence-corrected chi connectivity index (χ4v) is 2.55. The number of carbonyl (C=O) groups is 2. The van der Waals surface area contributed by atoms with Crippen LogP contribution in [0, 0.1) is 0 Å². The van der Waals surface area contributed by atoms with Crippen LogP contribution in [0.15, 0.2) is 24.3 Å². The lowest BCUT2D eigenvalue weighted by molar-refractivity contribution is -0.149. The zero-order valence-electron chi connectivity index (χ0n) is 13.4. The van der Waals surface area contributed by atoms with Gasteiger partial charge in [-0.1, -0.05) is 18.2 Å². The molecule has 5 nitrogen and oxygen atoms in total. The van der Waals surface area contributed by atoms with Crippen molar-refractivity contribution in [2.24, 2.45) is 0 Å². The quantitative estimate of drug-likeness (QED) is 0.891. The van der Waals surface area contributed by atoms with Crippen LogP contribution in [0.1, 0.15) is 37.8 Å². The van der Waals surface area contributed by atoms with Crippen LogP contribution in [-0.4, -0.2) is 40.3 Å². The first kappa shape index (κ1) is 18.1. The summed E-state index contributed by atoms with van der Waals surface area (Å²) in [5.41, 5.74) is -1.40. The van der Waals surface area contributed by atoms with E-state index in [0.717, 1.165) is 17.0 Å². The van der Waals surface area contributed by atoms with Crippen LogP contribution in [0.3, 0.4) is 0 Å². The number of carboxylic acids is 1. The van der Waals surface area contributed by atoms with Gasteiger partial charge in [0.1, 0.15) is 11.6 Å². The molecule has 1 aromatic carbocycles. The first-order chi connectivity index (χ1) is 10.9. The summed E-state index contributed by atoms with van der Waals surface area (Å²) < 4.78 is 43.5. The second-order valence-electron chi connectivity index (χ2n) is 6.65. The molecule has 1 N–H and O–H groups in total. The summed E-state index contributed by atoms with van der Waals surface area (Å²) in [6.45, 7) is 4.92. The summed E-state index contributed by atoms with van der Waals surface area (Å²) in [5, 5.41) is 9.34. The Balaban J connectivity index is 2.22. The van der Waals surface area contributed by atoms with E-state index in [1.54, 1.807) is 20.8 Å². The third kappa shape index (κ3) is 3.80. The third-order valence-electron chi connectivity index (χ3n) is 3.63. The SMILES string of the molecule is CC(C)(C)OC(=O)N1C[C@H](c2cccc(C(F)(F)F)c2)C1C(=O)O. The zero-order chi connectivity index (χ0) is 18.3. The van der Waals surface area contributed by atoms with Gasteiger partial charge in [-0.3, -0.25) is 4.90 Å². The molecule has 0 spiro atoms. The van der Waals surface area contributed by atoms with E-state index in [4.69, 9.17) is 4.74 Å². The highest BCUT2D eigenvalue weighted by Crippen LogP contribution is 2.38. The molecule has 0 bridgehead atoms. The summed E-state index contributed by atoms with van der Waals surface area (Å²) in [4.78, 5) is 24.5. The lowest BCUT2D eigenvalue weighted by atomic mass is 9.82. The van der Waals surface area contributed by atoms with Crippen molar-refractivity contribution in [2.45, 2.75) is 44.5 Å². The van der Waals surface area contributed by atoms with Crippen LogP contribution in [-0.2, 0) is 15.7 Å². The van der Waals surface area contributed by atoms with Crippen LogP contribution in [0.4, 0.5) is 18.0 Å². The van der Waals surface area contributed by atoms with E-state index in [1.807, 2.05) is 0 Å². The van der Waals surface area contributed by atoms with Gasteiger partial charge in [0.2, 0.25) is 0 Å². The third-order valence-corrected chi connectivity index (χ3v) is 3.63. The molecule has 8 heteroatoms. The van der Waals surface area contributed by atoms with E-state index in [0.29, 0.717) is 0 Å². The molecule has 1 aliphatic heterocycles. The van der Waals surface area contributed by atoms with Gasteiger partial charge in [0.05, 0.1) is 5.56 Å². The first-order valence-corrected chi connectivity index (χ1v) is 7.30. The molecule has 1 heterocycles. The number of amides is 1. The molecule has 0 aromatic heterocycles. The molecule has 0 aliphatic carbocycles. The minimum absolute atomic E-state index is 0.00676. The van der Waals surface area contributed by atoms with Crippen LogP contribution >= 0.6 is 0 Å². The van der Waals surface area contributed by atoms with Gasteiger partial charge < -0.3 is 9.84 Å². The van der Waals surface area contributed by atoms with Crippen molar-refractivity contribution >= 4 is 12.1 Å². The van der Waals surface area contributed by atoms with Crippen LogP contribution in [0.25, 0.3) is 0 Å². The molecule has 2 rings (SSSR count). The van der Waals surface area contributed by atoms with E-state index in [2.05, 4.69) is 0 Å². The van der Waals surface area contributed by atoms with Crippen molar-refractivity contribution in [3.63, 3.8) is 0 Å². The number of likely N-dealkylation sites (tertiary alicyclic amines) is 1. The maximum absolute atomic E-state index is 12.8. The number of benzene rings is 1. The van der Waals surface area contributed by atoms with E-state index >= 15 is 0 Å². The van der Waals surface area contributed by atoms with Crippen molar-refractivity contribution in [3.05, 3.63) is 35.4 Å². The number of hydrogen-bond donors (Lipinski definition) is 1. The monoisotopic (exact) mass is 345 g/mol. The summed E-state index contributed by atoms with van der Waals surface area (Å²) in [6, 6.07) is 3.26. The van der Waals surface area contributed by atoms with Gasteiger partial charge in [-0.2, -0.15) is 13.2 Å². The molecule has 1 saturated heterocycles. The number of alkyl halides is 3. The summed E-state index contributed by atoms with van der Waals surface area (Å²) in [6.07, 6.45) is -5.30. The van der Waals surface area contributed by atoms with Crippen molar-refractivity contribution in [1.29, 1.82) is 0 Å². The summed E-state index contributed by atoms with van der Waals surface area (Å²) in [7, 11) is 0. The second kappa shape index (κ2) is 5.99. The van der Waals surface area contributed by atoms with Gasteiger partial charge in [-0.25, -0.2) is 9.59 Å². The highest BCUT2D eigenvalue weighted by Gasteiger charge is 2.49. The molecule has 24 heavy (non-hydrogen) atoms. The van der Waals surface area contributed by atoms with Crippen LogP contribution < -0.4 is 0 Å². The molecule has 1 unspecified atom stereocenters. The Labute approximate surface area is 137 Å². The first-order valence-electron chi connectivity index (χ1n) is 7.30. The van der Waals surface area contributed by atoms with Gasteiger partial charge in [0.15, 0.2) is 0 Å². The Bertz CT molecular complexity index is 651. The number of carboxylic acid groups (broad SMARTS) is 1. The molecule has 1 amide bonds. The number of carbonyl (C=O) groups excluding carboxylic acids is 1. The molecular weight excluding hydrogens is 327 g/mol. The Kier molecular flexibility index (Phi) is 4.52. The van der Waals surface area contributed by atoms with E-state index in [-0.39, 0.29) is 12.1 Å². The number of hydrogen-bond acceptors (Lipinski definition) is 3. The van der Waals surface area contributed by atoms with Gasteiger partial charge >= 0.3 is 18.2 Å². The fourth-order valence-electron chi connectivity index (χ4n) is 2.55. The topological polar surface area (TPSA) is 66.8 Å². The van der Waals surface area contributed by atoms with Crippen molar-refractivity contribution in [3.8, 4) is 0 Å². The molecule has 1 fully saturated rings. The minimum Gasteiger partial charge on any atom is -0.480 e. The van der Waals surface area contributed by atoms with Crippen LogP contribution in [0.5, 0.6) is 0 Å². The summed E-state index contributed by atoms with van der Waals surface area (Å²) in [5.74, 6) is -1.99. The number of rotatable bonds is 2. The molecule has 1 aliphatic rings. The lowest BCUT2D eigenvalue weighted by Crippen LogP contribution is -2.61. The van der Waals surface area contributed by atoms with Crippen LogP contribution in [0.2, 0.25) is 0 Å². The fraction of sp³-hybridized carbons (Fsp3) is 0.500. The largest absolute Gasteiger partial charge is 0.480 e. The predicted octanol–water partition coefficient (Wildman–Crippen LogP) is 3.49. The Hall–Kier alpha value is -2.25.